The molecule has 2 heterocycles. The fourth-order valence-electron chi connectivity index (χ4n) is 3.88. The molecule has 2 saturated heterocycles. The summed E-state index contributed by atoms with van der Waals surface area (Å²) in [5.41, 5.74) is 0. The number of ether oxygens (including phenoxy) is 1. The average molecular weight is 476 g/mol. The van der Waals surface area contributed by atoms with Gasteiger partial charge in [-0.25, -0.2) is 17.6 Å². The van der Waals surface area contributed by atoms with E-state index in [4.69, 9.17) is 16.3 Å². The normalized spacial score (nSPS) is 19.3. The zero-order valence-electron chi connectivity index (χ0n) is 17.4. The quantitative estimate of drug-likeness (QED) is 0.706. The largest absolute Gasteiger partial charge is 0.450 e. The third kappa shape index (κ3) is 5.67. The summed E-state index contributed by atoms with van der Waals surface area (Å²) in [4.78, 5) is 26.0. The lowest BCUT2D eigenvalue weighted by molar-refractivity contribution is -0.127. The van der Waals surface area contributed by atoms with E-state index >= 15 is 0 Å². The Bertz CT molecular complexity index is 913. The number of piperidine rings is 2. The number of hydrogen-bond acceptors (Lipinski definition) is 5. The first-order valence-corrected chi connectivity index (χ1v) is 12.2. The molecule has 0 bridgehead atoms. The van der Waals surface area contributed by atoms with Crippen molar-refractivity contribution in [2.24, 2.45) is 5.92 Å². The molecule has 2 amide bonds. The fourth-order valence-corrected chi connectivity index (χ4v) is 5.63. The molecule has 0 atom stereocenters. The number of halogens is 2. The Labute approximate surface area is 186 Å². The first-order chi connectivity index (χ1) is 14.7. The molecule has 1 aromatic rings. The molecule has 1 aromatic carbocycles. The molecule has 1 N–H and O–H groups in total. The van der Waals surface area contributed by atoms with E-state index < -0.39 is 15.8 Å². The SMILES string of the molecule is CCOC(=O)N1CCC(NC(=O)C2CCN(S(=O)(=O)c3ccc(F)c(Cl)c3)CC2)CC1. The van der Waals surface area contributed by atoms with Crippen LogP contribution in [0, 0.1) is 11.7 Å². The number of carbonyl (C=O) groups excluding carboxylic acids is 2. The molecule has 2 fully saturated rings. The van der Waals surface area contributed by atoms with Gasteiger partial charge >= 0.3 is 6.09 Å². The second-order valence-electron chi connectivity index (χ2n) is 7.72. The van der Waals surface area contributed by atoms with Gasteiger partial charge in [-0.1, -0.05) is 11.6 Å². The average Bonchev–Trinajstić information content (AvgIpc) is 2.76. The highest BCUT2D eigenvalue weighted by atomic mass is 35.5. The maximum atomic E-state index is 13.3. The van der Waals surface area contributed by atoms with Crippen molar-refractivity contribution in [1.29, 1.82) is 0 Å². The van der Waals surface area contributed by atoms with E-state index in [-0.39, 0.29) is 47.0 Å². The van der Waals surface area contributed by atoms with E-state index in [0.717, 1.165) is 12.1 Å². The van der Waals surface area contributed by atoms with Crippen LogP contribution in [0.25, 0.3) is 0 Å². The van der Waals surface area contributed by atoms with Crippen molar-refractivity contribution in [3.8, 4) is 0 Å². The molecule has 11 heteroatoms. The predicted molar refractivity (Wildman–Crippen MR) is 113 cm³/mol. The summed E-state index contributed by atoms with van der Waals surface area (Å²) in [6.07, 6.45) is 1.79. The first kappa shape index (κ1) is 23.7. The minimum atomic E-state index is -3.80. The van der Waals surface area contributed by atoms with E-state index in [2.05, 4.69) is 5.32 Å². The van der Waals surface area contributed by atoms with Crippen LogP contribution in [0.15, 0.2) is 23.1 Å². The van der Waals surface area contributed by atoms with Crippen molar-refractivity contribution in [3.63, 3.8) is 0 Å². The van der Waals surface area contributed by atoms with Gasteiger partial charge in [0.1, 0.15) is 5.82 Å². The van der Waals surface area contributed by atoms with Gasteiger partial charge in [-0.3, -0.25) is 4.79 Å². The number of likely N-dealkylation sites (tertiary alicyclic amines) is 1. The summed E-state index contributed by atoms with van der Waals surface area (Å²) in [5.74, 6) is -1.04. The summed E-state index contributed by atoms with van der Waals surface area (Å²) < 4.78 is 45.2. The standard InChI is InChI=1S/C20H27ClFN3O5S/c1-2-30-20(27)24-9-7-15(8-10-24)23-19(26)14-5-11-25(12-6-14)31(28,29)16-3-4-18(22)17(21)13-16/h3-4,13-15H,2,5-12H2,1H3,(H,23,26). The summed E-state index contributed by atoms with van der Waals surface area (Å²) in [6.45, 7) is 3.56. The fraction of sp³-hybridized carbons (Fsp3) is 0.600. The Hall–Kier alpha value is -1.91. The van der Waals surface area contributed by atoms with Gasteiger partial charge in [0.05, 0.1) is 16.5 Å². The summed E-state index contributed by atoms with van der Waals surface area (Å²) >= 11 is 5.72. The lowest BCUT2D eigenvalue weighted by atomic mass is 9.96. The number of rotatable bonds is 5. The van der Waals surface area contributed by atoms with Crippen molar-refractivity contribution >= 4 is 33.6 Å². The molecule has 0 spiro atoms. The molecule has 0 radical (unpaired) electrons. The van der Waals surface area contributed by atoms with Gasteiger partial charge in [0.2, 0.25) is 15.9 Å². The maximum absolute atomic E-state index is 13.3. The molecular weight excluding hydrogens is 449 g/mol. The minimum absolute atomic E-state index is 0.0127. The van der Waals surface area contributed by atoms with E-state index in [0.29, 0.717) is 45.4 Å². The van der Waals surface area contributed by atoms with Crippen LogP contribution in [0.3, 0.4) is 0 Å². The van der Waals surface area contributed by atoms with Gasteiger partial charge in [0, 0.05) is 38.1 Å². The molecule has 3 rings (SSSR count). The van der Waals surface area contributed by atoms with Crippen LogP contribution in [0.1, 0.15) is 32.6 Å². The summed E-state index contributed by atoms with van der Waals surface area (Å²) in [6, 6.07) is 3.32. The maximum Gasteiger partial charge on any atom is 0.409 e. The highest BCUT2D eigenvalue weighted by Crippen LogP contribution is 2.27. The number of amides is 2. The van der Waals surface area contributed by atoms with E-state index in [9.17, 15) is 22.4 Å². The van der Waals surface area contributed by atoms with E-state index in [1.54, 1.807) is 11.8 Å². The Balaban J connectivity index is 1.49. The number of nitrogens with zero attached hydrogens (tertiary/aromatic N) is 2. The van der Waals surface area contributed by atoms with Gasteiger partial charge in [-0.15, -0.1) is 0 Å². The van der Waals surface area contributed by atoms with Crippen LogP contribution in [0.2, 0.25) is 5.02 Å². The van der Waals surface area contributed by atoms with Crippen LogP contribution in [0.4, 0.5) is 9.18 Å². The number of benzene rings is 1. The van der Waals surface area contributed by atoms with E-state index in [1.807, 2.05) is 0 Å². The zero-order valence-corrected chi connectivity index (χ0v) is 18.9. The smallest absolute Gasteiger partial charge is 0.409 e. The second kappa shape index (κ2) is 10.1. The highest BCUT2D eigenvalue weighted by Gasteiger charge is 2.33. The van der Waals surface area contributed by atoms with Crippen molar-refractivity contribution < 1.29 is 27.1 Å². The highest BCUT2D eigenvalue weighted by molar-refractivity contribution is 7.89. The van der Waals surface area contributed by atoms with Crippen LogP contribution in [-0.4, -0.2) is 68.5 Å². The van der Waals surface area contributed by atoms with Gasteiger partial charge in [-0.2, -0.15) is 4.31 Å². The van der Waals surface area contributed by atoms with E-state index in [1.165, 1.54) is 10.4 Å². The molecule has 0 aromatic heterocycles. The van der Waals surface area contributed by atoms with Crippen LogP contribution >= 0.6 is 11.6 Å². The topological polar surface area (TPSA) is 96.0 Å². The molecule has 8 nitrogen and oxygen atoms in total. The molecule has 2 aliphatic rings. The van der Waals surface area contributed by atoms with Crippen molar-refractivity contribution in [2.75, 3.05) is 32.8 Å². The van der Waals surface area contributed by atoms with Crippen molar-refractivity contribution in [3.05, 3.63) is 29.0 Å². The first-order valence-electron chi connectivity index (χ1n) is 10.4. The molecule has 2 aliphatic heterocycles. The van der Waals surface area contributed by atoms with Crippen LogP contribution in [-0.2, 0) is 19.6 Å². The minimum Gasteiger partial charge on any atom is -0.450 e. The Morgan fingerprint density at radius 2 is 1.81 bits per heavy atom. The number of hydrogen-bond donors (Lipinski definition) is 1. The Kier molecular flexibility index (Phi) is 7.77. The summed E-state index contributed by atoms with van der Waals surface area (Å²) in [5, 5.41) is 2.79. The monoisotopic (exact) mass is 475 g/mol. The van der Waals surface area contributed by atoms with Crippen molar-refractivity contribution in [1.82, 2.24) is 14.5 Å². The molecular formula is C20H27ClFN3O5S. The third-order valence-corrected chi connectivity index (χ3v) is 7.91. The van der Waals surface area contributed by atoms with Crippen LogP contribution < -0.4 is 5.32 Å². The van der Waals surface area contributed by atoms with Gasteiger partial charge < -0.3 is 15.0 Å². The molecule has 0 aliphatic carbocycles. The zero-order chi connectivity index (χ0) is 22.6. The number of sulfonamides is 1. The summed E-state index contributed by atoms with van der Waals surface area (Å²) in [7, 11) is -3.80. The Morgan fingerprint density at radius 1 is 1.16 bits per heavy atom. The molecule has 0 saturated carbocycles. The van der Waals surface area contributed by atoms with Gasteiger partial charge in [-0.05, 0) is 50.8 Å². The van der Waals surface area contributed by atoms with Crippen LogP contribution in [0.5, 0.6) is 0 Å². The Morgan fingerprint density at radius 3 is 2.39 bits per heavy atom. The molecule has 31 heavy (non-hydrogen) atoms. The predicted octanol–water partition coefficient (Wildman–Crippen LogP) is 2.62. The van der Waals surface area contributed by atoms with Gasteiger partial charge in [0.25, 0.3) is 0 Å². The number of nitrogens with one attached hydrogen (secondary N) is 1. The lowest BCUT2D eigenvalue weighted by Crippen LogP contribution is -2.49. The van der Waals surface area contributed by atoms with Gasteiger partial charge in [0.15, 0.2) is 0 Å². The second-order valence-corrected chi connectivity index (χ2v) is 10.1. The molecule has 172 valence electrons. The molecule has 0 unspecified atom stereocenters. The van der Waals surface area contributed by atoms with Crippen molar-refractivity contribution in [2.45, 2.75) is 43.5 Å². The lowest BCUT2D eigenvalue weighted by Gasteiger charge is -2.34. The third-order valence-electron chi connectivity index (χ3n) is 5.72. The number of carbonyl (C=O) groups is 2.